The van der Waals surface area contributed by atoms with Crippen molar-refractivity contribution >= 4 is 27.2 Å². The lowest BCUT2D eigenvalue weighted by molar-refractivity contribution is 0.0526. The highest BCUT2D eigenvalue weighted by Gasteiger charge is 2.09. The van der Waals surface area contributed by atoms with Crippen molar-refractivity contribution in [3.8, 4) is 0 Å². The Bertz CT molecular complexity index is 555. The highest BCUT2D eigenvalue weighted by molar-refractivity contribution is 7.90. The molecule has 0 bridgehead atoms. The molecule has 0 aromatic heterocycles. The van der Waals surface area contributed by atoms with Gasteiger partial charge >= 0.3 is 5.97 Å². The molecule has 0 aliphatic carbocycles. The minimum Gasteiger partial charge on any atom is -0.462 e. The molecule has 0 amide bonds. The van der Waals surface area contributed by atoms with Crippen LogP contribution in [0.2, 0.25) is 0 Å². The maximum absolute atomic E-state index is 11.6. The zero-order valence-electron chi connectivity index (χ0n) is 11.0. The van der Waals surface area contributed by atoms with Crippen LogP contribution < -0.4 is 11.1 Å². The van der Waals surface area contributed by atoms with Crippen molar-refractivity contribution < 1.29 is 17.9 Å². The van der Waals surface area contributed by atoms with Gasteiger partial charge in [-0.05, 0) is 25.1 Å². The van der Waals surface area contributed by atoms with Crippen LogP contribution >= 0.6 is 0 Å². The van der Waals surface area contributed by atoms with Gasteiger partial charge in [0.15, 0.2) is 0 Å². The third-order valence-corrected chi connectivity index (χ3v) is 3.30. The largest absolute Gasteiger partial charge is 0.462 e. The number of hydrogen-bond donors (Lipinski definition) is 2. The number of nitrogen functional groups attached to an aromatic ring is 1. The molecule has 0 fully saturated rings. The van der Waals surface area contributed by atoms with Crippen molar-refractivity contribution in [3.63, 3.8) is 0 Å². The van der Waals surface area contributed by atoms with E-state index in [1.165, 1.54) is 0 Å². The molecule has 0 atom stereocenters. The van der Waals surface area contributed by atoms with Crippen LogP contribution in [-0.2, 0) is 14.6 Å². The van der Waals surface area contributed by atoms with E-state index in [1.54, 1.807) is 25.1 Å². The van der Waals surface area contributed by atoms with Crippen LogP contribution in [0.5, 0.6) is 0 Å². The minimum atomic E-state index is -3.04. The zero-order valence-corrected chi connectivity index (χ0v) is 11.8. The minimum absolute atomic E-state index is 0.00389. The first-order valence-electron chi connectivity index (χ1n) is 5.81. The third kappa shape index (κ3) is 5.17. The quantitative estimate of drug-likeness (QED) is 0.595. The van der Waals surface area contributed by atoms with E-state index in [-0.39, 0.29) is 12.3 Å². The first-order valence-corrected chi connectivity index (χ1v) is 7.88. The SMILES string of the molecule is CCOC(=O)c1ccc(N)c(NCCS(C)(=O)=O)c1. The molecule has 6 nitrogen and oxygen atoms in total. The Hall–Kier alpha value is -1.76. The highest BCUT2D eigenvalue weighted by atomic mass is 32.2. The molecule has 0 aliphatic rings. The van der Waals surface area contributed by atoms with Gasteiger partial charge in [-0.2, -0.15) is 0 Å². The Morgan fingerprint density at radius 2 is 2.11 bits per heavy atom. The normalized spacial score (nSPS) is 11.1. The Labute approximate surface area is 112 Å². The lowest BCUT2D eigenvalue weighted by Gasteiger charge is -2.10. The molecular formula is C12H18N2O4S. The molecule has 19 heavy (non-hydrogen) atoms. The van der Waals surface area contributed by atoms with Crippen LogP contribution in [0.25, 0.3) is 0 Å². The molecule has 1 aromatic carbocycles. The molecular weight excluding hydrogens is 268 g/mol. The Balaban J connectivity index is 2.77. The van der Waals surface area contributed by atoms with E-state index < -0.39 is 15.8 Å². The number of nitrogens with one attached hydrogen (secondary N) is 1. The molecule has 1 rings (SSSR count). The number of carbonyl (C=O) groups excluding carboxylic acids is 1. The van der Waals surface area contributed by atoms with Crippen LogP contribution in [0.3, 0.4) is 0 Å². The van der Waals surface area contributed by atoms with E-state index in [4.69, 9.17) is 10.5 Å². The number of ether oxygens (including phenoxy) is 1. The van der Waals surface area contributed by atoms with E-state index in [0.717, 1.165) is 6.26 Å². The fourth-order valence-electron chi connectivity index (χ4n) is 1.42. The van der Waals surface area contributed by atoms with Crippen molar-refractivity contribution in [2.75, 3.05) is 36.2 Å². The Kier molecular flexibility index (Phi) is 5.17. The summed E-state index contributed by atoms with van der Waals surface area (Å²) in [6, 6.07) is 4.69. The molecule has 7 heteroatoms. The van der Waals surface area contributed by atoms with E-state index >= 15 is 0 Å². The Morgan fingerprint density at radius 1 is 1.42 bits per heavy atom. The molecule has 0 unspecified atom stereocenters. The van der Waals surface area contributed by atoms with Crippen molar-refractivity contribution in [3.05, 3.63) is 23.8 Å². The summed E-state index contributed by atoms with van der Waals surface area (Å²) in [5.74, 6) is -0.440. The average Bonchev–Trinajstić information content (AvgIpc) is 2.30. The fraction of sp³-hybridized carbons (Fsp3) is 0.417. The van der Waals surface area contributed by atoms with Gasteiger partial charge in [-0.3, -0.25) is 0 Å². The zero-order chi connectivity index (χ0) is 14.5. The molecule has 0 saturated heterocycles. The van der Waals surface area contributed by atoms with Crippen LogP contribution in [0.4, 0.5) is 11.4 Å². The van der Waals surface area contributed by atoms with Crippen LogP contribution in [0, 0.1) is 0 Å². The second-order valence-corrected chi connectivity index (χ2v) is 6.34. The van der Waals surface area contributed by atoms with E-state index in [1.807, 2.05) is 0 Å². The summed E-state index contributed by atoms with van der Waals surface area (Å²) in [5.41, 5.74) is 7.09. The monoisotopic (exact) mass is 286 g/mol. The van der Waals surface area contributed by atoms with Gasteiger partial charge in [0.2, 0.25) is 0 Å². The summed E-state index contributed by atoms with van der Waals surface area (Å²) in [4.78, 5) is 11.6. The van der Waals surface area contributed by atoms with Crippen LogP contribution in [0.15, 0.2) is 18.2 Å². The van der Waals surface area contributed by atoms with Crippen LogP contribution in [0.1, 0.15) is 17.3 Å². The predicted molar refractivity (Wildman–Crippen MR) is 75.0 cm³/mol. The highest BCUT2D eigenvalue weighted by Crippen LogP contribution is 2.20. The molecule has 1 aromatic rings. The summed E-state index contributed by atoms with van der Waals surface area (Å²) in [5, 5.41) is 2.89. The molecule has 0 aliphatic heterocycles. The molecule has 3 N–H and O–H groups in total. The second kappa shape index (κ2) is 6.42. The Morgan fingerprint density at radius 3 is 2.68 bits per heavy atom. The first kappa shape index (κ1) is 15.3. The lowest BCUT2D eigenvalue weighted by atomic mass is 10.1. The summed E-state index contributed by atoms with van der Waals surface area (Å²) in [6.45, 7) is 2.25. The topological polar surface area (TPSA) is 98.5 Å². The summed E-state index contributed by atoms with van der Waals surface area (Å²) in [6.07, 6.45) is 1.16. The fourth-order valence-corrected chi connectivity index (χ4v) is 1.89. The van der Waals surface area contributed by atoms with Crippen LogP contribution in [-0.4, -0.2) is 39.5 Å². The summed E-state index contributed by atoms with van der Waals surface area (Å²) >= 11 is 0. The standard InChI is InChI=1S/C12H18N2O4S/c1-3-18-12(15)9-4-5-10(13)11(8-9)14-6-7-19(2,16)17/h4-5,8,14H,3,6-7,13H2,1-2H3. The number of hydrogen-bond acceptors (Lipinski definition) is 6. The average molecular weight is 286 g/mol. The van der Waals surface area contributed by atoms with Gasteiger partial charge in [0.25, 0.3) is 0 Å². The van der Waals surface area contributed by atoms with E-state index in [9.17, 15) is 13.2 Å². The number of rotatable bonds is 6. The maximum Gasteiger partial charge on any atom is 0.338 e. The second-order valence-electron chi connectivity index (χ2n) is 4.08. The predicted octanol–water partition coefficient (Wildman–Crippen LogP) is 0.902. The van der Waals surface area contributed by atoms with Gasteiger partial charge in [-0.25, -0.2) is 13.2 Å². The molecule has 106 valence electrons. The van der Waals surface area contributed by atoms with E-state index in [2.05, 4.69) is 5.32 Å². The molecule has 0 spiro atoms. The van der Waals surface area contributed by atoms with Gasteiger partial charge < -0.3 is 15.8 Å². The van der Waals surface area contributed by atoms with Crippen molar-refractivity contribution in [2.45, 2.75) is 6.92 Å². The van der Waals surface area contributed by atoms with Gasteiger partial charge in [0, 0.05) is 12.8 Å². The summed E-state index contributed by atoms with van der Waals surface area (Å²) in [7, 11) is -3.04. The van der Waals surface area contributed by atoms with Gasteiger partial charge in [0.1, 0.15) is 9.84 Å². The molecule has 0 saturated carbocycles. The smallest absolute Gasteiger partial charge is 0.338 e. The first-order chi connectivity index (χ1) is 8.83. The number of nitrogens with two attached hydrogens (primary N) is 1. The number of sulfone groups is 1. The number of carbonyl (C=O) groups is 1. The number of anilines is 2. The third-order valence-electron chi connectivity index (χ3n) is 2.35. The number of esters is 1. The van der Waals surface area contributed by atoms with E-state index in [0.29, 0.717) is 23.5 Å². The van der Waals surface area contributed by atoms with Crippen molar-refractivity contribution in [1.29, 1.82) is 0 Å². The number of benzene rings is 1. The maximum atomic E-state index is 11.6. The summed E-state index contributed by atoms with van der Waals surface area (Å²) < 4.78 is 26.9. The van der Waals surface area contributed by atoms with Crippen molar-refractivity contribution in [2.24, 2.45) is 0 Å². The van der Waals surface area contributed by atoms with Gasteiger partial charge in [-0.15, -0.1) is 0 Å². The lowest BCUT2D eigenvalue weighted by Crippen LogP contribution is -2.15. The molecule has 0 heterocycles. The molecule has 0 radical (unpaired) electrons. The van der Waals surface area contributed by atoms with Crippen molar-refractivity contribution in [1.82, 2.24) is 0 Å². The van der Waals surface area contributed by atoms with Gasteiger partial charge in [0.05, 0.1) is 29.3 Å². The van der Waals surface area contributed by atoms with Gasteiger partial charge in [-0.1, -0.05) is 0 Å².